The van der Waals surface area contributed by atoms with Crippen LogP contribution in [0.5, 0.6) is 0 Å². The molecule has 116 valence electrons. The van der Waals surface area contributed by atoms with Crippen molar-refractivity contribution in [1.29, 1.82) is 0 Å². The third-order valence-electron chi connectivity index (χ3n) is 5.81. The minimum atomic E-state index is 0.849. The Morgan fingerprint density at radius 2 is 1.75 bits per heavy atom. The second-order valence-electron chi connectivity index (χ2n) is 7.95. The highest BCUT2D eigenvalue weighted by molar-refractivity contribution is 4.95. The van der Waals surface area contributed by atoms with Crippen molar-refractivity contribution in [2.75, 3.05) is 13.1 Å². The van der Waals surface area contributed by atoms with Crippen molar-refractivity contribution < 1.29 is 0 Å². The van der Waals surface area contributed by atoms with Gasteiger partial charge >= 0.3 is 0 Å². The van der Waals surface area contributed by atoms with Gasteiger partial charge in [0.05, 0.1) is 0 Å². The van der Waals surface area contributed by atoms with Gasteiger partial charge in [0, 0.05) is 18.1 Å². The number of hydrogen-bond donors (Lipinski definition) is 1. The van der Waals surface area contributed by atoms with Gasteiger partial charge in [0.15, 0.2) is 0 Å². The first-order valence-corrected chi connectivity index (χ1v) is 9.23. The lowest BCUT2D eigenvalue weighted by Gasteiger charge is -2.47. The van der Waals surface area contributed by atoms with E-state index >= 15 is 0 Å². The standard InChI is InChI=1S/C18H34N2/c1-14(2)11-12-20(17-5-3-4-6-17)18-10-7-15(18)13-19-16-8-9-16/h14-19H,3-13H2,1-2H3. The third-order valence-corrected chi connectivity index (χ3v) is 5.81. The molecule has 3 rings (SSSR count). The maximum absolute atomic E-state index is 3.77. The second kappa shape index (κ2) is 6.79. The summed E-state index contributed by atoms with van der Waals surface area (Å²) in [4.78, 5) is 2.94. The fourth-order valence-electron chi connectivity index (χ4n) is 4.09. The maximum Gasteiger partial charge on any atom is 0.0139 e. The van der Waals surface area contributed by atoms with Crippen LogP contribution in [0.15, 0.2) is 0 Å². The molecule has 0 amide bonds. The van der Waals surface area contributed by atoms with Gasteiger partial charge in [-0.25, -0.2) is 0 Å². The molecule has 3 saturated carbocycles. The fourth-order valence-corrected chi connectivity index (χ4v) is 4.09. The fraction of sp³-hybridized carbons (Fsp3) is 1.00. The highest BCUT2D eigenvalue weighted by Crippen LogP contribution is 2.37. The molecule has 3 aliphatic carbocycles. The first-order chi connectivity index (χ1) is 9.74. The predicted octanol–water partition coefficient (Wildman–Crippen LogP) is 3.81. The van der Waals surface area contributed by atoms with Crippen LogP contribution >= 0.6 is 0 Å². The molecule has 0 bridgehead atoms. The summed E-state index contributed by atoms with van der Waals surface area (Å²) in [6.45, 7) is 7.40. The van der Waals surface area contributed by atoms with E-state index < -0.39 is 0 Å². The Labute approximate surface area is 125 Å². The SMILES string of the molecule is CC(C)CCN(C1CCCC1)C1CCC1CNC1CC1. The molecule has 0 aromatic carbocycles. The van der Waals surface area contributed by atoms with Gasteiger partial charge in [-0.3, -0.25) is 4.90 Å². The number of rotatable bonds is 8. The molecule has 2 atom stereocenters. The molecule has 0 radical (unpaired) electrons. The largest absolute Gasteiger partial charge is 0.314 e. The van der Waals surface area contributed by atoms with E-state index in [1.54, 1.807) is 0 Å². The molecule has 0 saturated heterocycles. The number of nitrogens with one attached hydrogen (secondary N) is 1. The van der Waals surface area contributed by atoms with Crippen LogP contribution in [0.3, 0.4) is 0 Å². The van der Waals surface area contributed by atoms with Crippen LogP contribution < -0.4 is 5.32 Å². The zero-order valence-corrected chi connectivity index (χ0v) is 13.6. The zero-order chi connectivity index (χ0) is 13.9. The van der Waals surface area contributed by atoms with Crippen molar-refractivity contribution in [2.45, 2.75) is 89.8 Å². The topological polar surface area (TPSA) is 15.3 Å². The smallest absolute Gasteiger partial charge is 0.0139 e. The van der Waals surface area contributed by atoms with Crippen molar-refractivity contribution >= 4 is 0 Å². The van der Waals surface area contributed by atoms with Crippen LogP contribution in [-0.2, 0) is 0 Å². The summed E-state index contributed by atoms with van der Waals surface area (Å²) >= 11 is 0. The Bertz CT molecular complexity index is 292. The van der Waals surface area contributed by atoms with Crippen molar-refractivity contribution in [3.05, 3.63) is 0 Å². The van der Waals surface area contributed by atoms with E-state index in [1.807, 2.05) is 0 Å². The van der Waals surface area contributed by atoms with Crippen molar-refractivity contribution in [3.8, 4) is 0 Å². The first-order valence-electron chi connectivity index (χ1n) is 9.23. The Morgan fingerprint density at radius 3 is 2.30 bits per heavy atom. The molecule has 3 aliphatic rings. The van der Waals surface area contributed by atoms with Gasteiger partial charge in [-0.1, -0.05) is 26.7 Å². The molecule has 1 N–H and O–H groups in total. The Balaban J connectivity index is 1.52. The summed E-state index contributed by atoms with van der Waals surface area (Å²) in [6, 6.07) is 2.71. The average molecular weight is 278 g/mol. The zero-order valence-electron chi connectivity index (χ0n) is 13.6. The van der Waals surface area contributed by atoms with E-state index in [0.717, 1.165) is 30.0 Å². The summed E-state index contributed by atoms with van der Waals surface area (Å²) < 4.78 is 0. The minimum absolute atomic E-state index is 0.849. The highest BCUT2D eigenvalue weighted by Gasteiger charge is 2.39. The number of nitrogens with zero attached hydrogens (tertiary/aromatic N) is 1. The second-order valence-corrected chi connectivity index (χ2v) is 7.95. The Morgan fingerprint density at radius 1 is 1.00 bits per heavy atom. The lowest BCUT2D eigenvalue weighted by atomic mass is 9.77. The predicted molar refractivity (Wildman–Crippen MR) is 86.0 cm³/mol. The van der Waals surface area contributed by atoms with Crippen molar-refractivity contribution in [2.24, 2.45) is 11.8 Å². The molecular weight excluding hydrogens is 244 g/mol. The van der Waals surface area contributed by atoms with Crippen LogP contribution in [0, 0.1) is 11.8 Å². The Hall–Kier alpha value is -0.0800. The average Bonchev–Trinajstić information content (AvgIpc) is 3.05. The molecule has 0 aromatic heterocycles. The van der Waals surface area contributed by atoms with E-state index in [9.17, 15) is 0 Å². The maximum atomic E-state index is 3.77. The van der Waals surface area contributed by atoms with Gasteiger partial charge in [0.1, 0.15) is 0 Å². The van der Waals surface area contributed by atoms with Crippen molar-refractivity contribution in [1.82, 2.24) is 10.2 Å². The Kier molecular flexibility index (Phi) is 5.04. The van der Waals surface area contributed by atoms with E-state index in [4.69, 9.17) is 0 Å². The molecule has 20 heavy (non-hydrogen) atoms. The molecule has 0 aromatic rings. The van der Waals surface area contributed by atoms with Crippen LogP contribution in [0.4, 0.5) is 0 Å². The monoisotopic (exact) mass is 278 g/mol. The van der Waals surface area contributed by atoms with Crippen LogP contribution in [0.2, 0.25) is 0 Å². The molecule has 0 aliphatic heterocycles. The summed E-state index contributed by atoms with van der Waals surface area (Å²) in [5.41, 5.74) is 0. The summed E-state index contributed by atoms with van der Waals surface area (Å²) in [5, 5.41) is 3.77. The number of hydrogen-bond acceptors (Lipinski definition) is 2. The van der Waals surface area contributed by atoms with Gasteiger partial charge in [0.2, 0.25) is 0 Å². The lowest BCUT2D eigenvalue weighted by molar-refractivity contribution is 0.0252. The minimum Gasteiger partial charge on any atom is -0.314 e. The molecule has 0 heterocycles. The summed E-state index contributed by atoms with van der Waals surface area (Å²) in [5.74, 6) is 1.80. The van der Waals surface area contributed by atoms with E-state index in [-0.39, 0.29) is 0 Å². The summed E-state index contributed by atoms with van der Waals surface area (Å²) in [6.07, 6.45) is 13.1. The highest BCUT2D eigenvalue weighted by atomic mass is 15.2. The summed E-state index contributed by atoms with van der Waals surface area (Å²) in [7, 11) is 0. The van der Waals surface area contributed by atoms with Gasteiger partial charge in [-0.2, -0.15) is 0 Å². The lowest BCUT2D eigenvalue weighted by Crippen LogP contribution is -2.54. The molecule has 2 unspecified atom stereocenters. The van der Waals surface area contributed by atoms with Crippen LogP contribution in [0.1, 0.15) is 71.6 Å². The molecule has 3 fully saturated rings. The van der Waals surface area contributed by atoms with Gasteiger partial charge in [0.25, 0.3) is 0 Å². The molecular formula is C18H34N2. The van der Waals surface area contributed by atoms with Crippen LogP contribution in [0.25, 0.3) is 0 Å². The van der Waals surface area contributed by atoms with Gasteiger partial charge in [-0.15, -0.1) is 0 Å². The van der Waals surface area contributed by atoms with Crippen LogP contribution in [-0.4, -0.2) is 36.1 Å². The molecule has 2 nitrogen and oxygen atoms in total. The molecule has 0 spiro atoms. The van der Waals surface area contributed by atoms with E-state index in [0.29, 0.717) is 0 Å². The van der Waals surface area contributed by atoms with Gasteiger partial charge < -0.3 is 5.32 Å². The van der Waals surface area contributed by atoms with Gasteiger partial charge in [-0.05, 0) is 69.9 Å². The van der Waals surface area contributed by atoms with E-state index in [2.05, 4.69) is 24.1 Å². The van der Waals surface area contributed by atoms with Crippen molar-refractivity contribution in [3.63, 3.8) is 0 Å². The third kappa shape index (κ3) is 3.76. The quantitative estimate of drug-likeness (QED) is 0.726. The normalized spacial score (nSPS) is 31.2. The van der Waals surface area contributed by atoms with E-state index in [1.165, 1.54) is 70.9 Å². The first kappa shape index (κ1) is 14.8. The molecule has 2 heteroatoms.